The van der Waals surface area contributed by atoms with Crippen molar-refractivity contribution in [3.63, 3.8) is 0 Å². The molecule has 2 amide bonds. The smallest absolute Gasteiger partial charge is 0.289 e. The molecule has 3 aromatic rings. The molecule has 4 rings (SSSR count). The summed E-state index contributed by atoms with van der Waals surface area (Å²) in [6, 6.07) is 17.2. The van der Waals surface area contributed by atoms with Crippen LogP contribution in [0.4, 0.5) is 5.69 Å². The van der Waals surface area contributed by atoms with E-state index < -0.39 is 0 Å². The average molecular weight is 378 g/mol. The van der Waals surface area contributed by atoms with E-state index in [9.17, 15) is 9.59 Å². The van der Waals surface area contributed by atoms with E-state index in [4.69, 9.17) is 4.42 Å². The van der Waals surface area contributed by atoms with Crippen molar-refractivity contribution >= 4 is 28.3 Å². The Morgan fingerprint density at radius 3 is 2.50 bits per heavy atom. The van der Waals surface area contributed by atoms with E-state index in [-0.39, 0.29) is 17.9 Å². The van der Waals surface area contributed by atoms with E-state index in [0.29, 0.717) is 18.8 Å². The molecule has 1 fully saturated rings. The van der Waals surface area contributed by atoms with E-state index in [1.165, 1.54) is 11.2 Å². The van der Waals surface area contributed by atoms with Crippen LogP contribution in [0.25, 0.3) is 10.8 Å². The highest BCUT2D eigenvalue weighted by Crippen LogP contribution is 2.18. The van der Waals surface area contributed by atoms with E-state index in [1.54, 1.807) is 17.0 Å². The Labute approximate surface area is 163 Å². The number of amides is 2. The molecule has 1 aliphatic heterocycles. The summed E-state index contributed by atoms with van der Waals surface area (Å²) < 4.78 is 5.20. The van der Waals surface area contributed by atoms with Crippen LogP contribution in [0.1, 0.15) is 17.5 Å². The van der Waals surface area contributed by atoms with Crippen LogP contribution in [0, 0.1) is 0 Å². The number of carbonyl (C=O) groups is 2. The first-order valence-corrected chi connectivity index (χ1v) is 9.59. The van der Waals surface area contributed by atoms with Crippen molar-refractivity contribution in [3.05, 3.63) is 66.6 Å². The minimum Gasteiger partial charge on any atom is -0.459 e. The Morgan fingerprint density at radius 2 is 1.79 bits per heavy atom. The van der Waals surface area contributed by atoms with Gasteiger partial charge in [-0.15, -0.1) is 0 Å². The molecule has 0 aliphatic carbocycles. The zero-order valence-corrected chi connectivity index (χ0v) is 15.9. The molecule has 6 nitrogen and oxygen atoms in total. The number of nitrogens with one attached hydrogen (secondary N) is 2. The van der Waals surface area contributed by atoms with Crippen molar-refractivity contribution in [1.82, 2.24) is 4.90 Å². The van der Waals surface area contributed by atoms with Crippen LogP contribution in [0.15, 0.2) is 65.3 Å². The Bertz CT molecular complexity index is 976. The number of piperazine rings is 1. The fraction of sp³-hybridized carbons (Fsp3) is 0.273. The number of nitrogens with zero attached hydrogens (tertiary/aromatic N) is 1. The Hall–Kier alpha value is -3.12. The molecule has 1 aliphatic rings. The van der Waals surface area contributed by atoms with Gasteiger partial charge in [-0.25, -0.2) is 0 Å². The van der Waals surface area contributed by atoms with Crippen LogP contribution >= 0.6 is 0 Å². The lowest BCUT2D eigenvalue weighted by molar-refractivity contribution is -0.917. The highest BCUT2D eigenvalue weighted by Gasteiger charge is 2.31. The monoisotopic (exact) mass is 378 g/mol. The van der Waals surface area contributed by atoms with Gasteiger partial charge >= 0.3 is 0 Å². The molecule has 0 bridgehead atoms. The third-order valence-corrected chi connectivity index (χ3v) is 5.45. The van der Waals surface area contributed by atoms with Gasteiger partial charge in [-0.2, -0.15) is 0 Å². The lowest BCUT2D eigenvalue weighted by Crippen LogP contribution is -3.19. The van der Waals surface area contributed by atoms with Gasteiger partial charge in [0, 0.05) is 5.69 Å². The molecule has 2 aromatic carbocycles. The molecule has 2 heterocycles. The summed E-state index contributed by atoms with van der Waals surface area (Å²) >= 11 is 0. The molecule has 144 valence electrons. The zero-order valence-electron chi connectivity index (χ0n) is 15.9. The molecular weight excluding hydrogens is 354 g/mol. The van der Waals surface area contributed by atoms with Crippen LogP contribution < -0.4 is 10.2 Å². The quantitative estimate of drug-likeness (QED) is 0.728. The SMILES string of the molecule is C[C@@H](C(=O)Nc1ccc2ccccc2c1)[NH+]1CCN(C(=O)c2ccco2)CC1. The number of hydrogen-bond acceptors (Lipinski definition) is 3. The van der Waals surface area contributed by atoms with Gasteiger partial charge in [0.1, 0.15) is 0 Å². The number of quaternary nitrogens is 1. The lowest BCUT2D eigenvalue weighted by Gasteiger charge is -2.34. The number of fused-ring (bicyclic) bond motifs is 1. The summed E-state index contributed by atoms with van der Waals surface area (Å²) in [7, 11) is 0. The molecule has 2 N–H and O–H groups in total. The fourth-order valence-electron chi connectivity index (χ4n) is 3.69. The van der Waals surface area contributed by atoms with Crippen molar-refractivity contribution in [2.45, 2.75) is 13.0 Å². The third-order valence-electron chi connectivity index (χ3n) is 5.45. The van der Waals surface area contributed by atoms with Gasteiger partial charge < -0.3 is 19.5 Å². The van der Waals surface area contributed by atoms with Crippen molar-refractivity contribution in [1.29, 1.82) is 0 Å². The molecule has 0 spiro atoms. The molecule has 1 aromatic heterocycles. The fourth-order valence-corrected chi connectivity index (χ4v) is 3.69. The minimum absolute atomic E-state index is 0.00362. The standard InChI is InChI=1S/C22H23N3O3/c1-16(21(26)23-19-9-8-17-5-2-3-6-18(17)15-19)24-10-12-25(13-11-24)22(27)20-7-4-14-28-20/h2-9,14-16H,10-13H2,1H3,(H,23,26)/p+1/t16-/m0/s1. The number of carbonyl (C=O) groups excluding carboxylic acids is 2. The predicted molar refractivity (Wildman–Crippen MR) is 107 cm³/mol. The van der Waals surface area contributed by atoms with Crippen molar-refractivity contribution in [3.8, 4) is 0 Å². The zero-order chi connectivity index (χ0) is 19.5. The molecule has 1 atom stereocenters. The van der Waals surface area contributed by atoms with Crippen LogP contribution in [-0.4, -0.2) is 48.9 Å². The Morgan fingerprint density at radius 1 is 1.04 bits per heavy atom. The van der Waals surface area contributed by atoms with Crippen LogP contribution in [-0.2, 0) is 4.79 Å². The first-order chi connectivity index (χ1) is 13.6. The number of benzene rings is 2. The molecule has 6 heteroatoms. The largest absolute Gasteiger partial charge is 0.459 e. The summed E-state index contributed by atoms with van der Waals surface area (Å²) in [5.74, 6) is 0.277. The first-order valence-electron chi connectivity index (χ1n) is 9.59. The molecule has 28 heavy (non-hydrogen) atoms. The van der Waals surface area contributed by atoms with Crippen molar-refractivity contribution in [2.75, 3.05) is 31.5 Å². The second-order valence-corrected chi connectivity index (χ2v) is 7.20. The summed E-state index contributed by atoms with van der Waals surface area (Å²) in [6.07, 6.45) is 1.51. The maximum absolute atomic E-state index is 12.7. The van der Waals surface area contributed by atoms with Gasteiger partial charge in [-0.1, -0.05) is 30.3 Å². The van der Waals surface area contributed by atoms with Gasteiger partial charge in [0.2, 0.25) is 0 Å². The predicted octanol–water partition coefficient (Wildman–Crippen LogP) is 1.80. The van der Waals surface area contributed by atoms with E-state index in [1.807, 2.05) is 43.3 Å². The topological polar surface area (TPSA) is 67.0 Å². The second-order valence-electron chi connectivity index (χ2n) is 7.20. The maximum Gasteiger partial charge on any atom is 0.289 e. The summed E-state index contributed by atoms with van der Waals surface area (Å²) in [5.41, 5.74) is 0.807. The average Bonchev–Trinajstić information content (AvgIpc) is 3.27. The van der Waals surface area contributed by atoms with Crippen LogP contribution in [0.2, 0.25) is 0 Å². The highest BCUT2D eigenvalue weighted by atomic mass is 16.3. The van der Waals surface area contributed by atoms with Gasteiger partial charge in [-0.05, 0) is 42.0 Å². The van der Waals surface area contributed by atoms with Crippen molar-refractivity contribution in [2.24, 2.45) is 0 Å². The number of anilines is 1. The van der Waals surface area contributed by atoms with E-state index >= 15 is 0 Å². The van der Waals surface area contributed by atoms with Crippen LogP contribution in [0.3, 0.4) is 0 Å². The summed E-state index contributed by atoms with van der Waals surface area (Å²) in [5, 5.41) is 5.28. The van der Waals surface area contributed by atoms with Gasteiger partial charge in [0.05, 0.1) is 32.4 Å². The molecule has 0 unspecified atom stereocenters. The summed E-state index contributed by atoms with van der Waals surface area (Å²) in [6.45, 7) is 4.64. The molecule has 0 saturated carbocycles. The van der Waals surface area contributed by atoms with Crippen molar-refractivity contribution < 1.29 is 18.9 Å². The van der Waals surface area contributed by atoms with Gasteiger partial charge in [0.15, 0.2) is 11.8 Å². The van der Waals surface area contributed by atoms with E-state index in [0.717, 1.165) is 29.5 Å². The Kier molecular flexibility index (Phi) is 5.12. The lowest BCUT2D eigenvalue weighted by atomic mass is 10.1. The number of furan rings is 1. The van der Waals surface area contributed by atoms with Gasteiger partial charge in [-0.3, -0.25) is 9.59 Å². The third kappa shape index (κ3) is 3.77. The molecular formula is C22H24N3O3+. The van der Waals surface area contributed by atoms with E-state index in [2.05, 4.69) is 11.4 Å². The number of rotatable bonds is 4. The second kappa shape index (κ2) is 7.86. The molecule has 1 saturated heterocycles. The number of hydrogen-bond donors (Lipinski definition) is 2. The van der Waals surface area contributed by atoms with Gasteiger partial charge in [0.25, 0.3) is 11.8 Å². The highest BCUT2D eigenvalue weighted by molar-refractivity contribution is 5.96. The Balaban J connectivity index is 1.34. The van der Waals surface area contributed by atoms with Crippen LogP contribution in [0.5, 0.6) is 0 Å². The normalized spacial score (nSPS) is 16.1. The molecule has 0 radical (unpaired) electrons. The maximum atomic E-state index is 12.7. The minimum atomic E-state index is -0.188. The first kappa shape index (κ1) is 18.3. The summed E-state index contributed by atoms with van der Waals surface area (Å²) in [4.78, 5) is 28.1.